The Labute approximate surface area is 329 Å². The molecule has 54 heavy (non-hydrogen) atoms. The molecular weight excluding hydrogens is 731 g/mol. The number of nitrogens with zero attached hydrogens (tertiary/aromatic N) is 4. The van der Waals surface area contributed by atoms with E-state index in [0.717, 1.165) is 37.2 Å². The fourth-order valence-electron chi connectivity index (χ4n) is 7.65. The van der Waals surface area contributed by atoms with E-state index in [1.54, 1.807) is 37.1 Å². The largest absolute Gasteiger partial charge is 0.493 e. The second-order valence-corrected chi connectivity index (χ2v) is 14.7. The van der Waals surface area contributed by atoms with Crippen molar-refractivity contribution < 1.29 is 33.3 Å². The van der Waals surface area contributed by atoms with Crippen molar-refractivity contribution in [2.75, 3.05) is 93.9 Å². The third-order valence-electron chi connectivity index (χ3n) is 10.7. The van der Waals surface area contributed by atoms with Crippen LogP contribution < -0.4 is 14.2 Å². The number of hydrogen-bond acceptors (Lipinski definition) is 9. The van der Waals surface area contributed by atoms with E-state index >= 15 is 0 Å². The number of carbonyl (C=O) groups excluding carboxylic acids is 3. The van der Waals surface area contributed by atoms with Crippen molar-refractivity contribution >= 4 is 41.0 Å². The Bertz CT molecular complexity index is 1720. The Hall–Kier alpha value is -4.03. The van der Waals surface area contributed by atoms with Crippen molar-refractivity contribution in [3.8, 4) is 17.2 Å². The van der Waals surface area contributed by atoms with E-state index in [1.165, 1.54) is 21.3 Å². The van der Waals surface area contributed by atoms with Gasteiger partial charge in [-0.3, -0.25) is 19.3 Å². The van der Waals surface area contributed by atoms with Gasteiger partial charge in [0.25, 0.3) is 5.91 Å². The van der Waals surface area contributed by atoms with Gasteiger partial charge in [-0.2, -0.15) is 0 Å². The van der Waals surface area contributed by atoms with Crippen LogP contribution in [0, 0.1) is 0 Å². The number of amides is 2. The molecule has 0 spiro atoms. The van der Waals surface area contributed by atoms with Gasteiger partial charge in [0.1, 0.15) is 0 Å². The summed E-state index contributed by atoms with van der Waals surface area (Å²) in [5.41, 5.74) is 1.82. The second-order valence-electron chi connectivity index (χ2n) is 13.9. The predicted molar refractivity (Wildman–Crippen MR) is 210 cm³/mol. The predicted octanol–water partition coefficient (Wildman–Crippen LogP) is 6.01. The van der Waals surface area contributed by atoms with Gasteiger partial charge in [-0.25, -0.2) is 0 Å². The number of halogens is 2. The normalized spacial score (nSPS) is 16.7. The number of hydrogen-bond donors (Lipinski definition) is 0. The fraction of sp³-hybridized carbons (Fsp3) is 0.488. The molecule has 2 aliphatic rings. The van der Waals surface area contributed by atoms with Crippen LogP contribution in [0.4, 0.5) is 0 Å². The van der Waals surface area contributed by atoms with Crippen LogP contribution in [0.1, 0.15) is 53.6 Å². The summed E-state index contributed by atoms with van der Waals surface area (Å²) < 4.78 is 21.6. The molecule has 2 amide bonds. The molecule has 0 aliphatic carbocycles. The summed E-state index contributed by atoms with van der Waals surface area (Å²) in [6.45, 7) is 7.51. The lowest BCUT2D eigenvalue weighted by Gasteiger charge is -2.45. The van der Waals surface area contributed by atoms with Crippen LogP contribution >= 0.6 is 23.2 Å². The maximum Gasteiger partial charge on any atom is 0.320 e. The molecule has 2 fully saturated rings. The minimum absolute atomic E-state index is 0.0518. The zero-order valence-corrected chi connectivity index (χ0v) is 33.5. The van der Waals surface area contributed by atoms with Gasteiger partial charge in [0, 0.05) is 51.3 Å². The van der Waals surface area contributed by atoms with Crippen molar-refractivity contribution in [3.63, 3.8) is 0 Å². The number of carbonyl (C=O) groups is 3. The minimum Gasteiger partial charge on any atom is -0.493 e. The lowest BCUT2D eigenvalue weighted by atomic mass is 9.71. The van der Waals surface area contributed by atoms with Crippen LogP contribution in [0.3, 0.4) is 0 Å². The highest BCUT2D eigenvalue weighted by Crippen LogP contribution is 2.40. The number of ether oxygens (including phenoxy) is 4. The standard InChI is InChI=1S/C41H52Cl2N4O7/c1-6-54-37(48)28-46-20-22-47(23-21-46)40(50)41(32-10-8-7-9-11-32)15-18-45(19-16-41)17-14-30(29-12-13-33(42)34(43)24-29)27-44(2)39(49)31-25-35(51-3)38(53-5)36(26-31)52-4/h7-13,24-26,30H,6,14-23,27-28H2,1-5H3. The first-order chi connectivity index (χ1) is 26.0. The first-order valence-electron chi connectivity index (χ1n) is 18.5. The van der Waals surface area contributed by atoms with E-state index in [4.69, 9.17) is 42.1 Å². The minimum atomic E-state index is -0.628. The number of likely N-dealkylation sites (tertiary alicyclic amines) is 1. The highest BCUT2D eigenvalue weighted by Gasteiger charge is 2.45. The van der Waals surface area contributed by atoms with Crippen LogP contribution in [0.5, 0.6) is 17.2 Å². The molecule has 0 N–H and O–H groups in total. The molecule has 1 atom stereocenters. The quantitative estimate of drug-likeness (QED) is 0.172. The van der Waals surface area contributed by atoms with Crippen LogP contribution in [0.2, 0.25) is 10.0 Å². The number of methoxy groups -OCH3 is 3. The first-order valence-corrected chi connectivity index (χ1v) is 19.2. The molecule has 2 aliphatic heterocycles. The van der Waals surface area contributed by atoms with Gasteiger partial charge in [-0.15, -0.1) is 0 Å². The lowest BCUT2D eigenvalue weighted by molar-refractivity contribution is -0.146. The molecule has 3 aromatic carbocycles. The van der Waals surface area contributed by atoms with Crippen LogP contribution in [-0.2, 0) is 19.7 Å². The molecule has 292 valence electrons. The molecule has 0 aromatic heterocycles. The van der Waals surface area contributed by atoms with Gasteiger partial charge in [0.2, 0.25) is 11.7 Å². The number of esters is 1. The molecule has 0 saturated carbocycles. The molecule has 1 unspecified atom stereocenters. The molecule has 0 radical (unpaired) electrons. The third kappa shape index (κ3) is 9.60. The van der Waals surface area contributed by atoms with Gasteiger partial charge < -0.3 is 33.6 Å². The average molecular weight is 784 g/mol. The Morgan fingerprint density at radius 2 is 1.46 bits per heavy atom. The maximum atomic E-state index is 14.5. The van der Waals surface area contributed by atoms with E-state index in [9.17, 15) is 14.4 Å². The van der Waals surface area contributed by atoms with E-state index in [2.05, 4.69) is 21.9 Å². The summed E-state index contributed by atoms with van der Waals surface area (Å²) in [7, 11) is 6.35. The van der Waals surface area contributed by atoms with Crippen molar-refractivity contribution in [2.24, 2.45) is 0 Å². The molecule has 2 saturated heterocycles. The number of piperidine rings is 1. The van der Waals surface area contributed by atoms with Gasteiger partial charge >= 0.3 is 5.97 Å². The number of likely N-dealkylation sites (N-methyl/N-ethyl adjacent to an activating group) is 1. The number of rotatable bonds is 15. The Balaban J connectivity index is 1.28. The smallest absolute Gasteiger partial charge is 0.320 e. The topological polar surface area (TPSA) is 101 Å². The number of piperazine rings is 1. The molecule has 2 heterocycles. The van der Waals surface area contributed by atoms with E-state index in [1.807, 2.05) is 35.2 Å². The summed E-state index contributed by atoms with van der Waals surface area (Å²) >= 11 is 12.8. The van der Waals surface area contributed by atoms with Crippen molar-refractivity contribution in [1.82, 2.24) is 19.6 Å². The van der Waals surface area contributed by atoms with Crippen molar-refractivity contribution in [2.45, 2.75) is 37.5 Å². The van der Waals surface area contributed by atoms with Gasteiger partial charge in [-0.1, -0.05) is 59.6 Å². The summed E-state index contributed by atoms with van der Waals surface area (Å²) in [5.74, 6) is 0.908. The first kappa shape index (κ1) is 41.1. The summed E-state index contributed by atoms with van der Waals surface area (Å²) in [6.07, 6.45) is 2.13. The third-order valence-corrected chi connectivity index (χ3v) is 11.5. The molecule has 5 rings (SSSR count). The maximum absolute atomic E-state index is 14.5. The zero-order valence-electron chi connectivity index (χ0n) is 31.9. The van der Waals surface area contributed by atoms with Crippen molar-refractivity contribution in [3.05, 3.63) is 87.4 Å². The molecular formula is C41H52Cl2N4O7. The zero-order chi connectivity index (χ0) is 38.8. The average Bonchev–Trinajstić information content (AvgIpc) is 3.20. The van der Waals surface area contributed by atoms with Crippen LogP contribution in [0.15, 0.2) is 60.7 Å². The van der Waals surface area contributed by atoms with Gasteiger partial charge in [-0.05, 0) is 81.2 Å². The molecule has 13 heteroatoms. The highest BCUT2D eigenvalue weighted by atomic mass is 35.5. The van der Waals surface area contributed by atoms with E-state index < -0.39 is 5.41 Å². The molecule has 3 aromatic rings. The number of benzene rings is 3. The van der Waals surface area contributed by atoms with Crippen molar-refractivity contribution in [1.29, 1.82) is 0 Å². The SMILES string of the molecule is CCOC(=O)CN1CCN(C(=O)C2(c3ccccc3)CCN(CCC(CN(C)C(=O)c3cc(OC)c(OC)c(OC)c3)c3ccc(Cl)c(Cl)c3)CC2)CC1. The van der Waals surface area contributed by atoms with E-state index in [-0.39, 0.29) is 30.2 Å². The molecule has 11 nitrogen and oxygen atoms in total. The second kappa shape index (κ2) is 19.0. The Kier molecular flexibility index (Phi) is 14.5. The summed E-state index contributed by atoms with van der Waals surface area (Å²) in [4.78, 5) is 48.5. The fourth-order valence-corrected chi connectivity index (χ4v) is 7.96. The Morgan fingerprint density at radius 3 is 2.04 bits per heavy atom. The Morgan fingerprint density at radius 1 is 0.815 bits per heavy atom. The van der Waals surface area contributed by atoms with Crippen LogP contribution in [0.25, 0.3) is 0 Å². The van der Waals surface area contributed by atoms with Gasteiger partial charge in [0.15, 0.2) is 11.5 Å². The summed E-state index contributed by atoms with van der Waals surface area (Å²) in [5, 5.41) is 0.933. The van der Waals surface area contributed by atoms with Crippen LogP contribution in [-0.4, -0.2) is 131 Å². The lowest BCUT2D eigenvalue weighted by Crippen LogP contribution is -2.57. The van der Waals surface area contributed by atoms with E-state index in [0.29, 0.717) is 85.0 Å². The highest BCUT2D eigenvalue weighted by molar-refractivity contribution is 6.42. The molecule has 0 bridgehead atoms. The summed E-state index contributed by atoms with van der Waals surface area (Å²) in [6, 6.07) is 19.1. The monoisotopic (exact) mass is 782 g/mol. The van der Waals surface area contributed by atoms with Gasteiger partial charge in [0.05, 0.1) is 49.9 Å².